The summed E-state index contributed by atoms with van der Waals surface area (Å²) >= 11 is 6.13. The zero-order chi connectivity index (χ0) is 26.6. The topological polar surface area (TPSA) is 117 Å². The highest BCUT2D eigenvalue weighted by Crippen LogP contribution is 2.29. The van der Waals surface area contributed by atoms with Crippen molar-refractivity contribution in [1.29, 1.82) is 0 Å². The minimum absolute atomic E-state index is 0.155. The lowest BCUT2D eigenvalue weighted by Crippen LogP contribution is -2.46. The van der Waals surface area contributed by atoms with E-state index in [-0.39, 0.29) is 36.6 Å². The minimum Gasteiger partial charge on any atom is -0.323 e. The standard InChI is InChI=1S/C28H23ClN6O3/c1-17-13-31-28(32-14-17)34-25(36)20-6-4-18(5-7-20)16-35-24(11-19-3-2-10-30-15-19)26(37)33-23-12-21(29)8-9-22(23)27(35)38/h2-10,12-15,24H,11,16H2,1H3,(H,33,37)(H,31,32,34,36). The van der Waals surface area contributed by atoms with Gasteiger partial charge in [-0.05, 0) is 60.0 Å². The molecular weight excluding hydrogens is 504 g/mol. The number of pyridine rings is 1. The van der Waals surface area contributed by atoms with Crippen LogP contribution in [0.3, 0.4) is 0 Å². The van der Waals surface area contributed by atoms with Crippen LogP contribution >= 0.6 is 11.6 Å². The predicted octanol–water partition coefficient (Wildman–Crippen LogP) is 4.29. The molecule has 3 heterocycles. The van der Waals surface area contributed by atoms with E-state index >= 15 is 0 Å². The van der Waals surface area contributed by atoms with Crippen molar-refractivity contribution >= 4 is 41.0 Å². The third-order valence-corrected chi connectivity index (χ3v) is 6.37. The van der Waals surface area contributed by atoms with E-state index < -0.39 is 6.04 Å². The number of carbonyl (C=O) groups is 3. The largest absolute Gasteiger partial charge is 0.323 e. The zero-order valence-electron chi connectivity index (χ0n) is 20.4. The number of aromatic nitrogens is 3. The summed E-state index contributed by atoms with van der Waals surface area (Å²) < 4.78 is 0. The highest BCUT2D eigenvalue weighted by Gasteiger charge is 2.35. The summed E-state index contributed by atoms with van der Waals surface area (Å²) in [6.07, 6.45) is 6.85. The Balaban J connectivity index is 1.40. The third-order valence-electron chi connectivity index (χ3n) is 6.14. The lowest BCUT2D eigenvalue weighted by atomic mass is 10.0. The van der Waals surface area contributed by atoms with Gasteiger partial charge in [0.05, 0.1) is 11.3 Å². The van der Waals surface area contributed by atoms with Gasteiger partial charge in [0.1, 0.15) is 6.04 Å². The molecule has 3 amide bonds. The molecule has 0 aliphatic carbocycles. The summed E-state index contributed by atoms with van der Waals surface area (Å²) in [5.74, 6) is -0.770. The molecule has 1 aliphatic heterocycles. The molecule has 1 unspecified atom stereocenters. The number of hydrogen-bond donors (Lipinski definition) is 2. The van der Waals surface area contributed by atoms with Gasteiger partial charge in [0.25, 0.3) is 11.8 Å². The van der Waals surface area contributed by atoms with Gasteiger partial charge in [0.2, 0.25) is 11.9 Å². The molecule has 1 atom stereocenters. The van der Waals surface area contributed by atoms with Gasteiger partial charge in [-0.2, -0.15) is 0 Å². The fourth-order valence-corrected chi connectivity index (χ4v) is 4.35. The molecule has 0 bridgehead atoms. The van der Waals surface area contributed by atoms with E-state index in [0.29, 0.717) is 21.8 Å². The van der Waals surface area contributed by atoms with Crippen LogP contribution in [-0.2, 0) is 17.8 Å². The number of benzene rings is 2. The first-order chi connectivity index (χ1) is 18.4. The Bertz CT molecular complexity index is 1490. The normalized spacial score (nSPS) is 14.9. The lowest BCUT2D eigenvalue weighted by Gasteiger charge is -2.29. The van der Waals surface area contributed by atoms with Crippen molar-refractivity contribution in [2.24, 2.45) is 0 Å². The maximum atomic E-state index is 13.7. The van der Waals surface area contributed by atoms with Crippen LogP contribution in [0.2, 0.25) is 5.02 Å². The molecular formula is C28H23ClN6O3. The van der Waals surface area contributed by atoms with Gasteiger partial charge < -0.3 is 10.2 Å². The smallest absolute Gasteiger partial charge is 0.258 e. The number of halogens is 1. The molecule has 0 saturated carbocycles. The number of nitrogens with zero attached hydrogens (tertiary/aromatic N) is 4. The van der Waals surface area contributed by atoms with Crippen LogP contribution < -0.4 is 10.6 Å². The molecule has 0 saturated heterocycles. The zero-order valence-corrected chi connectivity index (χ0v) is 21.1. The van der Waals surface area contributed by atoms with E-state index in [0.717, 1.165) is 16.7 Å². The number of nitrogens with one attached hydrogen (secondary N) is 2. The van der Waals surface area contributed by atoms with Crippen molar-refractivity contribution in [2.75, 3.05) is 10.6 Å². The highest BCUT2D eigenvalue weighted by molar-refractivity contribution is 6.31. The molecule has 4 aromatic rings. The van der Waals surface area contributed by atoms with E-state index in [2.05, 4.69) is 25.6 Å². The van der Waals surface area contributed by atoms with E-state index in [4.69, 9.17) is 11.6 Å². The number of hydrogen-bond acceptors (Lipinski definition) is 6. The molecule has 38 heavy (non-hydrogen) atoms. The van der Waals surface area contributed by atoms with Crippen LogP contribution in [-0.4, -0.2) is 43.6 Å². The summed E-state index contributed by atoms with van der Waals surface area (Å²) in [4.78, 5) is 53.5. The summed E-state index contributed by atoms with van der Waals surface area (Å²) in [6.45, 7) is 2.01. The summed E-state index contributed by atoms with van der Waals surface area (Å²) in [5.41, 5.74) is 3.59. The average molecular weight is 527 g/mol. The van der Waals surface area contributed by atoms with Gasteiger partial charge in [-0.15, -0.1) is 0 Å². The molecule has 9 nitrogen and oxygen atoms in total. The van der Waals surface area contributed by atoms with Crippen molar-refractivity contribution in [1.82, 2.24) is 19.9 Å². The van der Waals surface area contributed by atoms with Crippen LogP contribution in [0.1, 0.15) is 37.4 Å². The van der Waals surface area contributed by atoms with Gasteiger partial charge in [-0.25, -0.2) is 9.97 Å². The number of amides is 3. The van der Waals surface area contributed by atoms with E-state index in [1.165, 1.54) is 4.90 Å². The van der Waals surface area contributed by atoms with Crippen LogP contribution in [0.25, 0.3) is 0 Å². The minimum atomic E-state index is -0.792. The number of carbonyl (C=O) groups excluding carboxylic acids is 3. The Hall–Kier alpha value is -4.63. The monoisotopic (exact) mass is 526 g/mol. The van der Waals surface area contributed by atoms with Crippen molar-refractivity contribution in [3.63, 3.8) is 0 Å². The van der Waals surface area contributed by atoms with Gasteiger partial charge in [0, 0.05) is 48.3 Å². The molecule has 10 heteroatoms. The Labute approximate surface area is 223 Å². The van der Waals surface area contributed by atoms with Gasteiger partial charge in [-0.3, -0.25) is 24.7 Å². The fourth-order valence-electron chi connectivity index (χ4n) is 4.18. The number of aryl methyl sites for hydroxylation is 1. The molecule has 2 aromatic heterocycles. The lowest BCUT2D eigenvalue weighted by molar-refractivity contribution is -0.120. The van der Waals surface area contributed by atoms with Crippen LogP contribution in [0.5, 0.6) is 0 Å². The molecule has 0 spiro atoms. The summed E-state index contributed by atoms with van der Waals surface area (Å²) in [5, 5.41) is 5.94. The maximum Gasteiger partial charge on any atom is 0.258 e. The van der Waals surface area contributed by atoms with Crippen molar-refractivity contribution in [2.45, 2.75) is 25.9 Å². The van der Waals surface area contributed by atoms with Gasteiger partial charge in [0.15, 0.2) is 0 Å². The predicted molar refractivity (Wildman–Crippen MR) is 143 cm³/mol. The molecule has 190 valence electrons. The summed E-state index contributed by atoms with van der Waals surface area (Å²) in [7, 11) is 0. The quantitative estimate of drug-likeness (QED) is 0.387. The van der Waals surface area contributed by atoms with Crippen molar-refractivity contribution in [3.8, 4) is 0 Å². The van der Waals surface area contributed by atoms with E-state index in [9.17, 15) is 14.4 Å². The average Bonchev–Trinajstić information content (AvgIpc) is 3.00. The molecule has 2 aromatic carbocycles. The summed E-state index contributed by atoms with van der Waals surface area (Å²) in [6, 6.07) is 14.5. The van der Waals surface area contributed by atoms with Crippen LogP contribution in [0.4, 0.5) is 11.6 Å². The second-order valence-corrected chi connectivity index (χ2v) is 9.36. The molecule has 0 fully saturated rings. The third kappa shape index (κ3) is 5.52. The second-order valence-electron chi connectivity index (χ2n) is 8.93. The van der Waals surface area contributed by atoms with Crippen LogP contribution in [0.15, 0.2) is 79.4 Å². The molecule has 2 N–H and O–H groups in total. The molecule has 0 radical (unpaired) electrons. The first-order valence-corrected chi connectivity index (χ1v) is 12.2. The van der Waals surface area contributed by atoms with E-state index in [1.54, 1.807) is 73.3 Å². The Morgan fingerprint density at radius 3 is 2.50 bits per heavy atom. The van der Waals surface area contributed by atoms with Gasteiger partial charge in [-0.1, -0.05) is 29.8 Å². The van der Waals surface area contributed by atoms with Gasteiger partial charge >= 0.3 is 0 Å². The van der Waals surface area contributed by atoms with E-state index in [1.807, 2.05) is 13.0 Å². The number of fused-ring (bicyclic) bond motifs is 1. The van der Waals surface area contributed by atoms with Crippen molar-refractivity contribution < 1.29 is 14.4 Å². The number of rotatable bonds is 6. The first-order valence-electron chi connectivity index (χ1n) is 11.9. The Morgan fingerprint density at radius 1 is 1.03 bits per heavy atom. The number of anilines is 2. The second kappa shape index (κ2) is 10.8. The Morgan fingerprint density at radius 2 is 1.79 bits per heavy atom. The van der Waals surface area contributed by atoms with Crippen LogP contribution in [0, 0.1) is 6.92 Å². The Kier molecular flexibility index (Phi) is 7.10. The van der Waals surface area contributed by atoms with Crippen molar-refractivity contribution in [3.05, 3.63) is 112 Å². The fraction of sp³-hybridized carbons (Fsp3) is 0.143. The first kappa shape index (κ1) is 25.0. The maximum absolute atomic E-state index is 13.7. The highest BCUT2D eigenvalue weighted by atomic mass is 35.5. The SMILES string of the molecule is Cc1cnc(NC(=O)c2ccc(CN3C(=O)c4ccc(Cl)cc4NC(=O)C3Cc3cccnc3)cc2)nc1. The molecule has 5 rings (SSSR count). The molecule has 1 aliphatic rings.